The molecule has 0 unspecified atom stereocenters. The molecule has 0 aliphatic heterocycles. The third-order valence-electron chi connectivity index (χ3n) is 5.40. The van der Waals surface area contributed by atoms with Gasteiger partial charge in [-0.3, -0.25) is 9.76 Å². The fraction of sp³-hybridized carbons (Fsp3) is 0.138. The Hall–Kier alpha value is -4.67. The van der Waals surface area contributed by atoms with Gasteiger partial charge in [-0.1, -0.05) is 35.4 Å². The molecule has 1 aromatic heterocycles. The van der Waals surface area contributed by atoms with Gasteiger partial charge in [0.15, 0.2) is 12.4 Å². The number of rotatable bonds is 7. The van der Waals surface area contributed by atoms with Gasteiger partial charge in [0.1, 0.15) is 29.5 Å². The molecule has 0 radical (unpaired) electrons. The van der Waals surface area contributed by atoms with Crippen molar-refractivity contribution in [1.29, 1.82) is 0 Å². The Morgan fingerprint density at radius 3 is 1.95 bits per heavy atom. The van der Waals surface area contributed by atoms with Gasteiger partial charge in [0.25, 0.3) is 10.1 Å². The van der Waals surface area contributed by atoms with Crippen molar-refractivity contribution in [3.8, 4) is 5.75 Å². The zero-order valence-corrected chi connectivity index (χ0v) is 25.7. The fourth-order valence-corrected chi connectivity index (χ4v) is 4.10. The van der Waals surface area contributed by atoms with Crippen LogP contribution in [0.3, 0.4) is 0 Å². The van der Waals surface area contributed by atoms with E-state index in [0.29, 0.717) is 6.61 Å². The van der Waals surface area contributed by atoms with E-state index in [-0.39, 0.29) is 15.8 Å². The summed E-state index contributed by atoms with van der Waals surface area (Å²) in [6.07, 6.45) is 5.50. The standard InChI is InChI=1S/C15H18N5O2.2C7H8O3S/c1-20-8-2-3-13(10-20)11-22-14-6-4-12(5-7-14)9-17-18-15(16)19-21;2*1-6-2-4-7(5-3-6)11(8,9)10/h2-10,21H,11H2,1H3,(H3,16,18,19);2*2-5H,1H3,(H,8,9,10)/q+1;;/p-1/b17-9+;;. The Balaban J connectivity index is 0.000000257. The molecule has 0 saturated heterocycles. The number of guanidine groups is 1. The van der Waals surface area contributed by atoms with Crippen molar-refractivity contribution in [3.05, 3.63) is 120 Å². The largest absolute Gasteiger partial charge is 0.744 e. The molecular weight excluding hydrogens is 610 g/mol. The van der Waals surface area contributed by atoms with Crippen molar-refractivity contribution in [2.45, 2.75) is 30.2 Å². The molecule has 13 nitrogen and oxygen atoms in total. The van der Waals surface area contributed by atoms with Crippen LogP contribution < -0.4 is 20.5 Å². The fourth-order valence-electron chi connectivity index (χ4n) is 3.15. The molecule has 1 heterocycles. The minimum Gasteiger partial charge on any atom is -0.744 e. The first-order valence-electron chi connectivity index (χ1n) is 12.7. The smallest absolute Gasteiger partial charge is 0.294 e. The zero-order valence-electron chi connectivity index (χ0n) is 24.1. The van der Waals surface area contributed by atoms with Crippen molar-refractivity contribution < 1.29 is 40.5 Å². The normalized spacial score (nSPS) is 11.5. The number of aryl methyl sites for hydroxylation is 3. The van der Waals surface area contributed by atoms with Crippen LogP contribution in [0.2, 0.25) is 0 Å². The summed E-state index contributed by atoms with van der Waals surface area (Å²) in [7, 11) is -6.32. The van der Waals surface area contributed by atoms with Gasteiger partial charge in [-0.05, 0) is 74.0 Å². The Kier molecular flexibility index (Phi) is 13.6. The molecule has 4 rings (SSSR count). The van der Waals surface area contributed by atoms with Crippen LogP contribution in [-0.4, -0.2) is 43.3 Å². The summed E-state index contributed by atoms with van der Waals surface area (Å²) in [5.41, 5.74) is 10.7. The first-order valence-corrected chi connectivity index (χ1v) is 15.5. The van der Waals surface area contributed by atoms with Gasteiger partial charge in [0.05, 0.1) is 21.6 Å². The summed E-state index contributed by atoms with van der Waals surface area (Å²) < 4.78 is 68.4. The summed E-state index contributed by atoms with van der Waals surface area (Å²) in [5, 5.41) is 15.7. The average molecular weight is 644 g/mol. The predicted molar refractivity (Wildman–Crippen MR) is 163 cm³/mol. The number of nitrogens with one attached hydrogen (secondary N) is 1. The highest BCUT2D eigenvalue weighted by Gasteiger charge is 2.07. The molecule has 4 aromatic rings. The van der Waals surface area contributed by atoms with Crippen molar-refractivity contribution in [2.75, 3.05) is 0 Å². The number of hydrogen-bond donors (Lipinski definition) is 4. The van der Waals surface area contributed by atoms with E-state index in [0.717, 1.165) is 28.0 Å². The maximum absolute atomic E-state index is 10.5. The van der Waals surface area contributed by atoms with Gasteiger partial charge in [-0.25, -0.2) is 18.5 Å². The second-order valence-electron chi connectivity index (χ2n) is 9.13. The molecule has 0 fully saturated rings. The lowest BCUT2D eigenvalue weighted by Crippen LogP contribution is -2.27. The predicted octanol–water partition coefficient (Wildman–Crippen LogP) is 2.86. The molecule has 3 aromatic carbocycles. The molecule has 0 saturated carbocycles. The molecule has 0 aliphatic rings. The third kappa shape index (κ3) is 13.5. The summed E-state index contributed by atoms with van der Waals surface area (Å²) in [5.74, 6) is 0.593. The van der Waals surface area contributed by atoms with Crippen LogP contribution in [0.1, 0.15) is 22.3 Å². The Morgan fingerprint density at radius 1 is 0.932 bits per heavy atom. The lowest BCUT2D eigenvalue weighted by Gasteiger charge is -2.05. The van der Waals surface area contributed by atoms with Gasteiger partial charge >= 0.3 is 0 Å². The number of nitrogens with zero attached hydrogens (tertiary/aromatic N) is 3. The highest BCUT2D eigenvalue weighted by molar-refractivity contribution is 7.86. The van der Waals surface area contributed by atoms with Gasteiger partial charge in [-0.2, -0.15) is 13.5 Å². The van der Waals surface area contributed by atoms with E-state index >= 15 is 0 Å². The maximum Gasteiger partial charge on any atom is 0.294 e. The lowest BCUT2D eigenvalue weighted by molar-refractivity contribution is -0.672. The zero-order chi connectivity index (χ0) is 32.8. The SMILES string of the molecule is C[n+]1cccc(COc2ccc(/C=N/N=C(/N)NO)cc2)c1.Cc1ccc(S(=O)(=O)O)cc1.Cc1ccc(S(=O)(=O)[O-])cc1. The molecule has 0 amide bonds. The number of hydrogen-bond acceptors (Lipinski definition) is 9. The first kappa shape index (κ1) is 35.5. The minimum atomic E-state index is -4.27. The maximum atomic E-state index is 10.5. The van der Waals surface area contributed by atoms with E-state index in [4.69, 9.17) is 20.2 Å². The Labute approximate surface area is 256 Å². The Morgan fingerprint density at radius 2 is 1.48 bits per heavy atom. The average Bonchev–Trinajstić information content (AvgIpc) is 2.97. The quantitative estimate of drug-likeness (QED) is 0.0761. The van der Waals surface area contributed by atoms with Crippen LogP contribution in [0.15, 0.2) is 117 Å². The van der Waals surface area contributed by atoms with Gasteiger partial charge < -0.3 is 15.0 Å². The van der Waals surface area contributed by atoms with E-state index in [1.54, 1.807) is 29.7 Å². The summed E-state index contributed by atoms with van der Waals surface area (Å²) in [6, 6.07) is 23.2. The van der Waals surface area contributed by atoms with Crippen LogP contribution in [0.25, 0.3) is 0 Å². The first-order chi connectivity index (χ1) is 20.7. The second kappa shape index (κ2) is 16.8. The van der Waals surface area contributed by atoms with E-state index in [2.05, 4.69) is 10.2 Å². The number of benzene rings is 3. The number of pyridine rings is 1. The number of aromatic nitrogens is 1. The minimum absolute atomic E-state index is 0.0666. The monoisotopic (exact) mass is 643 g/mol. The Bertz CT molecular complexity index is 1690. The molecule has 5 N–H and O–H groups in total. The van der Waals surface area contributed by atoms with Crippen LogP contribution in [0, 0.1) is 13.8 Å². The van der Waals surface area contributed by atoms with Crippen molar-refractivity contribution in [2.24, 2.45) is 23.0 Å². The van der Waals surface area contributed by atoms with E-state index in [9.17, 15) is 21.4 Å². The van der Waals surface area contributed by atoms with Gasteiger partial charge in [0.2, 0.25) is 5.96 Å². The van der Waals surface area contributed by atoms with Gasteiger partial charge in [0, 0.05) is 6.07 Å². The number of ether oxygens (including phenoxy) is 1. The molecule has 0 bridgehead atoms. The molecular formula is C29H33N5O8S2. The molecule has 44 heavy (non-hydrogen) atoms. The number of hydroxylamine groups is 1. The summed E-state index contributed by atoms with van der Waals surface area (Å²) in [6.45, 7) is 4.17. The topological polar surface area (TPSA) is 208 Å². The van der Waals surface area contributed by atoms with Crippen LogP contribution >= 0.6 is 0 Å². The highest BCUT2D eigenvalue weighted by atomic mass is 32.2. The van der Waals surface area contributed by atoms with Crippen LogP contribution in [0.4, 0.5) is 0 Å². The summed E-state index contributed by atoms with van der Waals surface area (Å²) >= 11 is 0. The van der Waals surface area contributed by atoms with Gasteiger partial charge in [-0.15, -0.1) is 5.10 Å². The van der Waals surface area contributed by atoms with E-state index < -0.39 is 20.2 Å². The van der Waals surface area contributed by atoms with E-state index in [1.165, 1.54) is 30.5 Å². The van der Waals surface area contributed by atoms with Crippen molar-refractivity contribution in [1.82, 2.24) is 5.48 Å². The van der Waals surface area contributed by atoms with Crippen molar-refractivity contribution >= 4 is 32.4 Å². The van der Waals surface area contributed by atoms with Crippen LogP contribution in [-0.2, 0) is 33.9 Å². The summed E-state index contributed by atoms with van der Waals surface area (Å²) in [4.78, 5) is -0.244. The molecule has 0 aliphatic carbocycles. The molecule has 234 valence electrons. The lowest BCUT2D eigenvalue weighted by atomic mass is 10.2. The van der Waals surface area contributed by atoms with Crippen LogP contribution in [0.5, 0.6) is 5.75 Å². The molecule has 0 atom stereocenters. The molecule has 0 spiro atoms. The van der Waals surface area contributed by atoms with E-state index in [1.807, 2.05) is 74.3 Å². The second-order valence-corrected chi connectivity index (χ2v) is 11.9. The third-order valence-corrected chi connectivity index (χ3v) is 7.12. The van der Waals surface area contributed by atoms with Crippen molar-refractivity contribution in [3.63, 3.8) is 0 Å². The number of nitrogens with two attached hydrogens (primary N) is 1. The molecule has 15 heteroatoms. The highest BCUT2D eigenvalue weighted by Crippen LogP contribution is 2.13.